The summed E-state index contributed by atoms with van der Waals surface area (Å²) in [5, 5.41) is 0. The fraction of sp³-hybridized carbons (Fsp3) is 1.00. The van der Waals surface area contributed by atoms with Crippen LogP contribution in [-0.2, 0) is 4.74 Å². The second-order valence-electron chi connectivity index (χ2n) is 6.47. The molecule has 1 heterocycles. The average molecular weight is 240 g/mol. The monoisotopic (exact) mass is 240 g/mol. The summed E-state index contributed by atoms with van der Waals surface area (Å²) in [5.74, 6) is 0.681. The van der Waals surface area contributed by atoms with E-state index in [9.17, 15) is 0 Å². The molecule has 1 aliphatic heterocycles. The Labute approximate surface area is 106 Å². The van der Waals surface area contributed by atoms with Crippen molar-refractivity contribution < 1.29 is 4.74 Å². The second kappa shape index (κ2) is 5.25. The van der Waals surface area contributed by atoms with Crippen LogP contribution in [0.2, 0.25) is 0 Å². The SMILES string of the molecule is CCC1CN(CC2CCC(C)(C)C2N)CCO1. The molecule has 17 heavy (non-hydrogen) atoms. The molecule has 3 atom stereocenters. The molecular weight excluding hydrogens is 212 g/mol. The van der Waals surface area contributed by atoms with Gasteiger partial charge in [-0.1, -0.05) is 20.8 Å². The van der Waals surface area contributed by atoms with Crippen LogP contribution in [0.15, 0.2) is 0 Å². The van der Waals surface area contributed by atoms with Crippen LogP contribution < -0.4 is 5.73 Å². The number of hydrogen-bond donors (Lipinski definition) is 1. The summed E-state index contributed by atoms with van der Waals surface area (Å²) in [6.45, 7) is 11.1. The fourth-order valence-corrected chi connectivity index (χ4v) is 3.27. The number of nitrogens with zero attached hydrogens (tertiary/aromatic N) is 1. The van der Waals surface area contributed by atoms with Gasteiger partial charge in [-0.25, -0.2) is 0 Å². The highest BCUT2D eigenvalue weighted by Crippen LogP contribution is 2.40. The van der Waals surface area contributed by atoms with Crippen molar-refractivity contribution in [2.24, 2.45) is 17.1 Å². The van der Waals surface area contributed by atoms with Gasteiger partial charge in [-0.05, 0) is 30.6 Å². The fourth-order valence-electron chi connectivity index (χ4n) is 3.27. The van der Waals surface area contributed by atoms with Gasteiger partial charge in [-0.15, -0.1) is 0 Å². The van der Waals surface area contributed by atoms with Gasteiger partial charge in [0.2, 0.25) is 0 Å². The normalized spacial score (nSPS) is 38.5. The van der Waals surface area contributed by atoms with Crippen LogP contribution in [-0.4, -0.2) is 43.3 Å². The molecule has 2 rings (SSSR count). The number of morpholine rings is 1. The van der Waals surface area contributed by atoms with Crippen LogP contribution in [0.1, 0.15) is 40.0 Å². The number of rotatable bonds is 3. The van der Waals surface area contributed by atoms with Gasteiger partial charge in [0, 0.05) is 25.7 Å². The van der Waals surface area contributed by atoms with Crippen molar-refractivity contribution in [3.05, 3.63) is 0 Å². The van der Waals surface area contributed by atoms with E-state index in [1.54, 1.807) is 0 Å². The third-order valence-corrected chi connectivity index (χ3v) is 4.74. The molecule has 1 aliphatic carbocycles. The maximum Gasteiger partial charge on any atom is 0.0700 e. The minimum Gasteiger partial charge on any atom is -0.376 e. The molecule has 3 heteroatoms. The highest BCUT2D eigenvalue weighted by Gasteiger charge is 2.40. The molecule has 0 aromatic carbocycles. The molecule has 100 valence electrons. The third kappa shape index (κ3) is 3.01. The molecule has 3 unspecified atom stereocenters. The first kappa shape index (κ1) is 13.3. The minimum absolute atomic E-state index is 0.334. The van der Waals surface area contributed by atoms with Gasteiger partial charge >= 0.3 is 0 Å². The highest BCUT2D eigenvalue weighted by molar-refractivity contribution is 4.95. The Morgan fingerprint density at radius 1 is 1.41 bits per heavy atom. The first-order valence-electron chi connectivity index (χ1n) is 7.12. The number of nitrogens with two attached hydrogens (primary N) is 1. The molecule has 0 bridgehead atoms. The van der Waals surface area contributed by atoms with Crippen LogP contribution in [0.3, 0.4) is 0 Å². The Balaban J connectivity index is 1.85. The van der Waals surface area contributed by atoms with Gasteiger partial charge in [0.15, 0.2) is 0 Å². The number of ether oxygens (including phenoxy) is 1. The predicted molar refractivity (Wildman–Crippen MR) is 71.0 cm³/mol. The van der Waals surface area contributed by atoms with Crippen LogP contribution in [0, 0.1) is 11.3 Å². The Morgan fingerprint density at radius 3 is 2.76 bits per heavy atom. The Hall–Kier alpha value is -0.120. The summed E-state index contributed by atoms with van der Waals surface area (Å²) < 4.78 is 5.72. The van der Waals surface area contributed by atoms with E-state index in [1.165, 1.54) is 19.4 Å². The zero-order chi connectivity index (χ0) is 12.5. The molecule has 0 spiro atoms. The van der Waals surface area contributed by atoms with Gasteiger partial charge in [-0.2, -0.15) is 0 Å². The Kier molecular flexibility index (Phi) is 4.11. The molecular formula is C14H28N2O. The second-order valence-corrected chi connectivity index (χ2v) is 6.47. The summed E-state index contributed by atoms with van der Waals surface area (Å²) in [6.07, 6.45) is 4.14. The van der Waals surface area contributed by atoms with E-state index in [2.05, 4.69) is 25.7 Å². The smallest absolute Gasteiger partial charge is 0.0700 e. The largest absolute Gasteiger partial charge is 0.376 e. The van der Waals surface area contributed by atoms with Crippen molar-refractivity contribution in [2.75, 3.05) is 26.2 Å². The Morgan fingerprint density at radius 2 is 2.18 bits per heavy atom. The third-order valence-electron chi connectivity index (χ3n) is 4.74. The van der Waals surface area contributed by atoms with E-state index >= 15 is 0 Å². The quantitative estimate of drug-likeness (QED) is 0.818. The molecule has 0 aromatic heterocycles. The average Bonchev–Trinajstić information content (AvgIpc) is 2.57. The molecule has 2 N–H and O–H groups in total. The van der Waals surface area contributed by atoms with Crippen LogP contribution in [0.25, 0.3) is 0 Å². The lowest BCUT2D eigenvalue weighted by molar-refractivity contribution is -0.0348. The topological polar surface area (TPSA) is 38.5 Å². The van der Waals surface area contributed by atoms with Crippen LogP contribution >= 0.6 is 0 Å². The maximum absolute atomic E-state index is 6.38. The molecule has 3 nitrogen and oxygen atoms in total. The van der Waals surface area contributed by atoms with Crippen LogP contribution in [0.5, 0.6) is 0 Å². The lowest BCUT2D eigenvalue weighted by Gasteiger charge is -2.36. The highest BCUT2D eigenvalue weighted by atomic mass is 16.5. The lowest BCUT2D eigenvalue weighted by atomic mass is 9.85. The molecule has 0 amide bonds. The zero-order valence-electron chi connectivity index (χ0n) is 11.6. The van der Waals surface area contributed by atoms with E-state index in [1.807, 2.05) is 0 Å². The Bertz CT molecular complexity index is 255. The van der Waals surface area contributed by atoms with Gasteiger partial charge < -0.3 is 10.5 Å². The molecule has 1 saturated heterocycles. The van der Waals surface area contributed by atoms with Gasteiger partial charge in [0.1, 0.15) is 0 Å². The van der Waals surface area contributed by atoms with Gasteiger partial charge in [-0.3, -0.25) is 4.90 Å². The summed E-state index contributed by atoms with van der Waals surface area (Å²) in [5.41, 5.74) is 6.72. The van der Waals surface area contributed by atoms with E-state index in [4.69, 9.17) is 10.5 Å². The zero-order valence-corrected chi connectivity index (χ0v) is 11.6. The van der Waals surface area contributed by atoms with Crippen LogP contribution in [0.4, 0.5) is 0 Å². The van der Waals surface area contributed by atoms with E-state index in [-0.39, 0.29) is 0 Å². The van der Waals surface area contributed by atoms with Crippen molar-refractivity contribution in [2.45, 2.75) is 52.2 Å². The summed E-state index contributed by atoms with van der Waals surface area (Å²) in [6, 6.07) is 0.366. The molecule has 1 saturated carbocycles. The molecule has 2 aliphatic rings. The first-order chi connectivity index (χ1) is 8.03. The van der Waals surface area contributed by atoms with Crippen molar-refractivity contribution in [3.63, 3.8) is 0 Å². The summed E-state index contributed by atoms with van der Waals surface area (Å²) in [7, 11) is 0. The molecule has 2 fully saturated rings. The number of hydrogen-bond acceptors (Lipinski definition) is 3. The van der Waals surface area contributed by atoms with Crippen molar-refractivity contribution in [1.29, 1.82) is 0 Å². The maximum atomic E-state index is 6.38. The summed E-state index contributed by atoms with van der Waals surface area (Å²) >= 11 is 0. The van der Waals surface area contributed by atoms with Crippen molar-refractivity contribution in [3.8, 4) is 0 Å². The van der Waals surface area contributed by atoms with E-state index < -0.39 is 0 Å². The minimum atomic E-state index is 0.334. The van der Waals surface area contributed by atoms with Crippen molar-refractivity contribution in [1.82, 2.24) is 4.90 Å². The lowest BCUT2D eigenvalue weighted by Crippen LogP contribution is -2.47. The van der Waals surface area contributed by atoms with E-state index in [0.29, 0.717) is 23.5 Å². The first-order valence-corrected chi connectivity index (χ1v) is 7.12. The van der Waals surface area contributed by atoms with Crippen molar-refractivity contribution >= 4 is 0 Å². The predicted octanol–water partition coefficient (Wildman–Crippen LogP) is 1.86. The standard InChI is InChI=1S/C14H28N2O/c1-4-12-10-16(7-8-17-12)9-11-5-6-14(2,3)13(11)15/h11-13H,4-10,15H2,1-3H3. The van der Waals surface area contributed by atoms with Gasteiger partial charge in [0.05, 0.1) is 12.7 Å². The summed E-state index contributed by atoms with van der Waals surface area (Å²) in [4.78, 5) is 2.56. The molecule has 0 radical (unpaired) electrons. The molecule has 0 aromatic rings. The van der Waals surface area contributed by atoms with E-state index in [0.717, 1.165) is 26.1 Å². The van der Waals surface area contributed by atoms with Gasteiger partial charge in [0.25, 0.3) is 0 Å².